The lowest BCUT2D eigenvalue weighted by Gasteiger charge is -2.02. The Labute approximate surface area is 84.1 Å². The molecule has 1 aliphatic carbocycles. The first-order chi connectivity index (χ1) is 6.57. The van der Waals surface area contributed by atoms with Crippen LogP contribution in [0.3, 0.4) is 0 Å². The second kappa shape index (κ2) is 2.84. The van der Waals surface area contributed by atoms with E-state index in [-0.39, 0.29) is 11.3 Å². The van der Waals surface area contributed by atoms with E-state index in [0.29, 0.717) is 5.92 Å². The van der Waals surface area contributed by atoms with Crippen molar-refractivity contribution in [3.8, 4) is 0 Å². The van der Waals surface area contributed by atoms with Gasteiger partial charge in [0.2, 0.25) is 0 Å². The predicted molar refractivity (Wildman–Crippen MR) is 56.9 cm³/mol. The summed E-state index contributed by atoms with van der Waals surface area (Å²) in [6.07, 6.45) is 1.07. The van der Waals surface area contributed by atoms with Crippen LogP contribution in [0.5, 0.6) is 0 Å². The molecular formula is C12H15NO. The molecule has 2 heteroatoms. The number of anilines is 1. The summed E-state index contributed by atoms with van der Waals surface area (Å²) in [7, 11) is 0. The maximum atomic E-state index is 10.8. The lowest BCUT2D eigenvalue weighted by molar-refractivity contribution is -0.109. The number of rotatable bonds is 2. The molecule has 1 unspecified atom stereocenters. The van der Waals surface area contributed by atoms with Gasteiger partial charge in [0.15, 0.2) is 0 Å². The zero-order valence-corrected chi connectivity index (χ0v) is 8.53. The average Bonchev–Trinajstić information content (AvgIpc) is 2.69. The van der Waals surface area contributed by atoms with Gasteiger partial charge >= 0.3 is 0 Å². The predicted octanol–water partition coefficient (Wildman–Crippen LogP) is 2.21. The van der Waals surface area contributed by atoms with Crippen LogP contribution in [0.15, 0.2) is 24.3 Å². The van der Waals surface area contributed by atoms with Crippen molar-refractivity contribution in [2.24, 2.45) is 11.3 Å². The third kappa shape index (κ3) is 1.22. The fourth-order valence-electron chi connectivity index (χ4n) is 2.27. The van der Waals surface area contributed by atoms with Gasteiger partial charge in [-0.25, -0.2) is 0 Å². The van der Waals surface area contributed by atoms with E-state index in [1.165, 1.54) is 5.56 Å². The van der Waals surface area contributed by atoms with E-state index < -0.39 is 0 Å². The van der Waals surface area contributed by atoms with Crippen LogP contribution in [0.1, 0.15) is 25.3 Å². The summed E-state index contributed by atoms with van der Waals surface area (Å²) in [5.74, 6) is 0.548. The lowest BCUT2D eigenvalue weighted by Crippen LogP contribution is -1.91. The Morgan fingerprint density at radius 3 is 2.29 bits per heavy atom. The van der Waals surface area contributed by atoms with Crippen molar-refractivity contribution in [2.75, 3.05) is 5.73 Å². The summed E-state index contributed by atoms with van der Waals surface area (Å²) in [6, 6.07) is 7.83. The van der Waals surface area contributed by atoms with E-state index in [9.17, 15) is 4.79 Å². The Bertz CT molecular complexity index is 353. The number of aldehydes is 1. The van der Waals surface area contributed by atoms with Gasteiger partial charge in [-0.2, -0.15) is 0 Å². The highest BCUT2D eigenvalue weighted by molar-refractivity contribution is 5.65. The second-order valence-corrected chi connectivity index (χ2v) is 4.63. The zero-order valence-electron chi connectivity index (χ0n) is 8.53. The van der Waals surface area contributed by atoms with Crippen LogP contribution in [-0.4, -0.2) is 6.29 Å². The highest BCUT2D eigenvalue weighted by Gasteiger charge is 2.58. The minimum absolute atomic E-state index is 0.123. The molecule has 2 N–H and O–H groups in total. The maximum absolute atomic E-state index is 10.8. The van der Waals surface area contributed by atoms with Crippen molar-refractivity contribution in [3.63, 3.8) is 0 Å². The van der Waals surface area contributed by atoms with Crippen LogP contribution in [0.2, 0.25) is 0 Å². The van der Waals surface area contributed by atoms with Gasteiger partial charge < -0.3 is 10.5 Å². The highest BCUT2D eigenvalue weighted by atomic mass is 16.1. The molecule has 0 aliphatic heterocycles. The minimum atomic E-state index is 0.123. The minimum Gasteiger partial charge on any atom is -0.399 e. The molecule has 1 aliphatic rings. The van der Waals surface area contributed by atoms with Gasteiger partial charge in [-0.15, -0.1) is 0 Å². The Balaban J connectivity index is 2.26. The van der Waals surface area contributed by atoms with Gasteiger partial charge in [0.25, 0.3) is 0 Å². The summed E-state index contributed by atoms with van der Waals surface area (Å²) < 4.78 is 0. The molecule has 0 heterocycles. The summed E-state index contributed by atoms with van der Waals surface area (Å²) in [5, 5.41) is 0. The van der Waals surface area contributed by atoms with Crippen molar-refractivity contribution in [2.45, 2.75) is 19.8 Å². The van der Waals surface area contributed by atoms with Crippen molar-refractivity contribution in [3.05, 3.63) is 29.8 Å². The summed E-state index contributed by atoms with van der Waals surface area (Å²) in [5.41, 5.74) is 7.73. The molecule has 0 saturated heterocycles. The van der Waals surface area contributed by atoms with E-state index >= 15 is 0 Å². The van der Waals surface area contributed by atoms with Crippen molar-refractivity contribution >= 4 is 12.0 Å². The molecule has 1 fully saturated rings. The van der Waals surface area contributed by atoms with Crippen LogP contribution in [0.25, 0.3) is 0 Å². The van der Waals surface area contributed by atoms with E-state index in [2.05, 4.69) is 13.8 Å². The van der Waals surface area contributed by atoms with Gasteiger partial charge in [0, 0.05) is 11.6 Å². The summed E-state index contributed by atoms with van der Waals surface area (Å²) >= 11 is 0. The number of nitrogens with two attached hydrogens (primary N) is 1. The number of carbonyl (C=O) groups is 1. The molecule has 2 nitrogen and oxygen atoms in total. The monoisotopic (exact) mass is 189 g/mol. The smallest absolute Gasteiger partial charge is 0.124 e. The summed E-state index contributed by atoms with van der Waals surface area (Å²) in [4.78, 5) is 10.8. The normalized spacial score (nSPS) is 28.4. The van der Waals surface area contributed by atoms with Crippen molar-refractivity contribution < 1.29 is 4.79 Å². The van der Waals surface area contributed by atoms with Gasteiger partial charge in [-0.3, -0.25) is 0 Å². The molecule has 0 spiro atoms. The molecular weight excluding hydrogens is 174 g/mol. The first kappa shape index (κ1) is 9.25. The fraction of sp³-hybridized carbons (Fsp3) is 0.417. The third-order valence-electron chi connectivity index (χ3n) is 3.35. The number of carbonyl (C=O) groups excluding carboxylic acids is 1. The molecule has 0 aromatic heterocycles. The zero-order chi connectivity index (χ0) is 10.3. The van der Waals surface area contributed by atoms with Crippen LogP contribution < -0.4 is 5.73 Å². The van der Waals surface area contributed by atoms with E-state index in [4.69, 9.17) is 5.73 Å². The van der Waals surface area contributed by atoms with Crippen LogP contribution in [0, 0.1) is 11.3 Å². The van der Waals surface area contributed by atoms with Gasteiger partial charge in [0.05, 0.1) is 0 Å². The standard InChI is InChI=1S/C12H15NO/c1-12(2)10(7-14)11(12)8-3-5-9(13)6-4-8/h3-7,10-11H,13H2,1-2H3/t10-,11?/m1/s1. The number of nitrogen functional groups attached to an aromatic ring is 1. The van der Waals surface area contributed by atoms with E-state index in [1.54, 1.807) is 0 Å². The lowest BCUT2D eigenvalue weighted by atomic mass is 10.0. The van der Waals surface area contributed by atoms with Crippen molar-refractivity contribution in [1.82, 2.24) is 0 Å². The fourth-order valence-corrected chi connectivity index (χ4v) is 2.27. The SMILES string of the molecule is CC1(C)C(c2ccc(N)cc2)[C@H]1C=O. The number of hydrogen-bond donors (Lipinski definition) is 1. The molecule has 1 saturated carbocycles. The highest BCUT2D eigenvalue weighted by Crippen LogP contribution is 2.63. The Morgan fingerprint density at radius 2 is 1.86 bits per heavy atom. The summed E-state index contributed by atoms with van der Waals surface area (Å²) in [6.45, 7) is 4.26. The molecule has 0 bridgehead atoms. The van der Waals surface area contributed by atoms with Crippen LogP contribution in [-0.2, 0) is 4.79 Å². The van der Waals surface area contributed by atoms with Gasteiger partial charge in [-0.05, 0) is 29.0 Å². The molecule has 0 amide bonds. The van der Waals surface area contributed by atoms with E-state index in [1.807, 2.05) is 24.3 Å². The topological polar surface area (TPSA) is 43.1 Å². The number of hydrogen-bond acceptors (Lipinski definition) is 2. The molecule has 1 aromatic carbocycles. The van der Waals surface area contributed by atoms with E-state index in [0.717, 1.165) is 12.0 Å². The van der Waals surface area contributed by atoms with Gasteiger partial charge in [-0.1, -0.05) is 26.0 Å². The van der Waals surface area contributed by atoms with Crippen LogP contribution in [0.4, 0.5) is 5.69 Å². The molecule has 0 radical (unpaired) electrons. The van der Waals surface area contributed by atoms with Crippen molar-refractivity contribution in [1.29, 1.82) is 0 Å². The number of benzene rings is 1. The van der Waals surface area contributed by atoms with Gasteiger partial charge in [0.1, 0.15) is 6.29 Å². The Hall–Kier alpha value is -1.31. The molecule has 74 valence electrons. The quantitative estimate of drug-likeness (QED) is 0.572. The maximum Gasteiger partial charge on any atom is 0.124 e. The first-order valence-electron chi connectivity index (χ1n) is 4.88. The molecule has 2 rings (SSSR count). The second-order valence-electron chi connectivity index (χ2n) is 4.63. The Morgan fingerprint density at radius 1 is 1.29 bits per heavy atom. The van der Waals surface area contributed by atoms with Crippen LogP contribution >= 0.6 is 0 Å². The molecule has 2 atom stereocenters. The molecule has 14 heavy (non-hydrogen) atoms. The average molecular weight is 189 g/mol. The third-order valence-corrected chi connectivity index (χ3v) is 3.35. The first-order valence-corrected chi connectivity index (χ1v) is 4.88. The Kier molecular flexibility index (Phi) is 1.88. The molecule has 1 aromatic rings. The largest absolute Gasteiger partial charge is 0.399 e.